The summed E-state index contributed by atoms with van der Waals surface area (Å²) in [6.45, 7) is 5.02. The largest absolute Gasteiger partial charge is 0.462 e. The molecule has 0 saturated carbocycles. The van der Waals surface area contributed by atoms with Gasteiger partial charge in [-0.2, -0.15) is 0 Å². The number of nitrogens with zero attached hydrogens (tertiary/aromatic N) is 1. The minimum atomic E-state index is -0.312. The number of rotatable bonds is 4. The molecular weight excluding hydrogens is 204 g/mol. The van der Waals surface area contributed by atoms with E-state index in [4.69, 9.17) is 10.5 Å². The maximum atomic E-state index is 11.5. The average molecular weight is 222 g/mol. The molecule has 0 heterocycles. The third-order valence-electron chi connectivity index (χ3n) is 2.43. The second kappa shape index (κ2) is 5.39. The maximum absolute atomic E-state index is 11.5. The number of nitrogen functional groups attached to an aromatic ring is 1. The molecule has 16 heavy (non-hydrogen) atoms. The SMILES string of the molecule is CCOC(=O)c1ccc(N)c(N(C)CC)c1. The summed E-state index contributed by atoms with van der Waals surface area (Å²) in [6.07, 6.45) is 0. The highest BCUT2D eigenvalue weighted by Gasteiger charge is 2.10. The molecule has 88 valence electrons. The number of nitrogens with two attached hydrogens (primary N) is 1. The van der Waals surface area contributed by atoms with Gasteiger partial charge in [0.25, 0.3) is 0 Å². The fourth-order valence-corrected chi connectivity index (χ4v) is 1.39. The molecule has 0 aromatic heterocycles. The molecule has 0 saturated heterocycles. The molecule has 0 spiro atoms. The van der Waals surface area contributed by atoms with Crippen LogP contribution in [-0.4, -0.2) is 26.2 Å². The highest BCUT2D eigenvalue weighted by Crippen LogP contribution is 2.23. The van der Waals surface area contributed by atoms with E-state index in [1.807, 2.05) is 18.9 Å². The Morgan fingerprint density at radius 1 is 1.44 bits per heavy atom. The van der Waals surface area contributed by atoms with E-state index in [-0.39, 0.29) is 5.97 Å². The number of carbonyl (C=O) groups is 1. The number of benzene rings is 1. The van der Waals surface area contributed by atoms with Crippen molar-refractivity contribution in [3.8, 4) is 0 Å². The lowest BCUT2D eigenvalue weighted by Crippen LogP contribution is -2.18. The quantitative estimate of drug-likeness (QED) is 0.624. The molecule has 4 heteroatoms. The monoisotopic (exact) mass is 222 g/mol. The molecule has 0 unspecified atom stereocenters. The summed E-state index contributed by atoms with van der Waals surface area (Å²) >= 11 is 0. The standard InChI is InChI=1S/C12H18N2O2/c1-4-14(3)11-8-9(6-7-10(11)13)12(15)16-5-2/h6-8H,4-5,13H2,1-3H3. The Hall–Kier alpha value is -1.71. The van der Waals surface area contributed by atoms with Crippen molar-refractivity contribution in [1.29, 1.82) is 0 Å². The van der Waals surface area contributed by atoms with E-state index in [2.05, 4.69) is 0 Å². The summed E-state index contributed by atoms with van der Waals surface area (Å²) in [5, 5.41) is 0. The highest BCUT2D eigenvalue weighted by atomic mass is 16.5. The molecular formula is C12H18N2O2. The van der Waals surface area contributed by atoms with Gasteiger partial charge < -0.3 is 15.4 Å². The Kier molecular flexibility index (Phi) is 4.17. The van der Waals surface area contributed by atoms with Crippen molar-refractivity contribution in [1.82, 2.24) is 0 Å². The van der Waals surface area contributed by atoms with Crippen molar-refractivity contribution in [2.24, 2.45) is 0 Å². The zero-order chi connectivity index (χ0) is 12.1. The van der Waals surface area contributed by atoms with Crippen LogP contribution in [0.2, 0.25) is 0 Å². The number of ether oxygens (including phenoxy) is 1. The van der Waals surface area contributed by atoms with E-state index in [0.29, 0.717) is 17.9 Å². The van der Waals surface area contributed by atoms with Crippen LogP contribution in [0, 0.1) is 0 Å². The number of hydrogen-bond acceptors (Lipinski definition) is 4. The van der Waals surface area contributed by atoms with E-state index in [0.717, 1.165) is 12.2 Å². The Morgan fingerprint density at radius 3 is 2.69 bits per heavy atom. The fraction of sp³-hybridized carbons (Fsp3) is 0.417. The average Bonchev–Trinajstić information content (AvgIpc) is 2.29. The minimum Gasteiger partial charge on any atom is -0.462 e. The van der Waals surface area contributed by atoms with Gasteiger partial charge in [-0.15, -0.1) is 0 Å². The first-order valence-electron chi connectivity index (χ1n) is 5.37. The van der Waals surface area contributed by atoms with Crippen molar-refractivity contribution < 1.29 is 9.53 Å². The van der Waals surface area contributed by atoms with Gasteiger partial charge in [0.15, 0.2) is 0 Å². The number of esters is 1. The molecule has 1 aromatic carbocycles. The zero-order valence-corrected chi connectivity index (χ0v) is 9.99. The van der Waals surface area contributed by atoms with Gasteiger partial charge in [0.1, 0.15) is 0 Å². The topological polar surface area (TPSA) is 55.6 Å². The number of carbonyl (C=O) groups excluding carboxylic acids is 1. The maximum Gasteiger partial charge on any atom is 0.338 e. The van der Waals surface area contributed by atoms with Crippen molar-refractivity contribution >= 4 is 17.3 Å². The van der Waals surface area contributed by atoms with Crippen LogP contribution in [0.15, 0.2) is 18.2 Å². The Balaban J connectivity index is 3.02. The zero-order valence-electron chi connectivity index (χ0n) is 9.99. The lowest BCUT2D eigenvalue weighted by molar-refractivity contribution is 0.0526. The molecule has 0 aliphatic heterocycles. The number of hydrogen-bond donors (Lipinski definition) is 1. The van der Waals surface area contributed by atoms with E-state index in [1.54, 1.807) is 25.1 Å². The van der Waals surface area contributed by atoms with Gasteiger partial charge in [-0.1, -0.05) is 0 Å². The molecule has 1 aromatic rings. The lowest BCUT2D eigenvalue weighted by Gasteiger charge is -2.19. The molecule has 0 radical (unpaired) electrons. The van der Waals surface area contributed by atoms with E-state index in [9.17, 15) is 4.79 Å². The van der Waals surface area contributed by atoms with Crippen LogP contribution >= 0.6 is 0 Å². The minimum absolute atomic E-state index is 0.312. The van der Waals surface area contributed by atoms with E-state index in [1.165, 1.54) is 0 Å². The lowest BCUT2D eigenvalue weighted by atomic mass is 10.1. The Labute approximate surface area is 96.0 Å². The van der Waals surface area contributed by atoms with E-state index >= 15 is 0 Å². The van der Waals surface area contributed by atoms with E-state index < -0.39 is 0 Å². The molecule has 0 bridgehead atoms. The predicted molar refractivity (Wildman–Crippen MR) is 65.8 cm³/mol. The van der Waals surface area contributed by atoms with Gasteiger partial charge >= 0.3 is 5.97 Å². The van der Waals surface area contributed by atoms with Gasteiger partial charge in [0, 0.05) is 13.6 Å². The molecule has 0 aliphatic rings. The van der Waals surface area contributed by atoms with Gasteiger partial charge in [-0.05, 0) is 32.0 Å². The highest BCUT2D eigenvalue weighted by molar-refractivity contribution is 5.92. The summed E-state index contributed by atoms with van der Waals surface area (Å²) in [5.41, 5.74) is 7.90. The first-order valence-corrected chi connectivity index (χ1v) is 5.37. The van der Waals surface area contributed by atoms with Gasteiger partial charge in [0.2, 0.25) is 0 Å². The second-order valence-electron chi connectivity index (χ2n) is 3.51. The van der Waals surface area contributed by atoms with Gasteiger partial charge in [-0.25, -0.2) is 4.79 Å². The molecule has 0 fully saturated rings. The normalized spacial score (nSPS) is 9.94. The second-order valence-corrected chi connectivity index (χ2v) is 3.51. The van der Waals surface area contributed by atoms with Crippen LogP contribution in [0.4, 0.5) is 11.4 Å². The third-order valence-corrected chi connectivity index (χ3v) is 2.43. The Bertz CT molecular complexity index is 377. The summed E-state index contributed by atoms with van der Waals surface area (Å²) < 4.78 is 4.94. The van der Waals surface area contributed by atoms with Crippen LogP contribution in [0.5, 0.6) is 0 Å². The molecule has 1 rings (SSSR count). The van der Waals surface area contributed by atoms with Gasteiger partial charge in [-0.3, -0.25) is 0 Å². The van der Waals surface area contributed by atoms with Crippen molar-refractivity contribution in [3.05, 3.63) is 23.8 Å². The first kappa shape index (κ1) is 12.4. The Morgan fingerprint density at radius 2 is 2.12 bits per heavy atom. The van der Waals surface area contributed by atoms with Gasteiger partial charge in [0.05, 0.1) is 23.5 Å². The predicted octanol–water partition coefficient (Wildman–Crippen LogP) is 1.90. The van der Waals surface area contributed by atoms with Crippen LogP contribution in [0.25, 0.3) is 0 Å². The first-order chi connectivity index (χ1) is 7.60. The third kappa shape index (κ3) is 2.66. The van der Waals surface area contributed by atoms with Crippen molar-refractivity contribution in [2.75, 3.05) is 30.8 Å². The smallest absolute Gasteiger partial charge is 0.338 e. The molecule has 0 amide bonds. The molecule has 4 nitrogen and oxygen atoms in total. The summed E-state index contributed by atoms with van der Waals surface area (Å²) in [4.78, 5) is 13.5. The fourth-order valence-electron chi connectivity index (χ4n) is 1.39. The molecule has 0 atom stereocenters. The molecule has 0 aliphatic carbocycles. The molecule has 2 N–H and O–H groups in total. The van der Waals surface area contributed by atoms with Crippen LogP contribution < -0.4 is 10.6 Å². The van der Waals surface area contributed by atoms with Crippen LogP contribution in [0.1, 0.15) is 24.2 Å². The van der Waals surface area contributed by atoms with Crippen LogP contribution in [-0.2, 0) is 4.74 Å². The number of anilines is 2. The summed E-state index contributed by atoms with van der Waals surface area (Å²) in [6, 6.07) is 5.17. The van der Waals surface area contributed by atoms with Crippen molar-refractivity contribution in [3.63, 3.8) is 0 Å². The summed E-state index contributed by atoms with van der Waals surface area (Å²) in [5.74, 6) is -0.312. The van der Waals surface area contributed by atoms with Crippen LogP contribution in [0.3, 0.4) is 0 Å². The summed E-state index contributed by atoms with van der Waals surface area (Å²) in [7, 11) is 1.93. The van der Waals surface area contributed by atoms with Crippen molar-refractivity contribution in [2.45, 2.75) is 13.8 Å².